The first-order chi connectivity index (χ1) is 17.3. The van der Waals surface area contributed by atoms with Crippen LogP contribution in [0.5, 0.6) is 0 Å². The minimum Gasteiger partial charge on any atom is -0.472 e. The van der Waals surface area contributed by atoms with Crippen molar-refractivity contribution in [2.75, 3.05) is 7.11 Å². The Morgan fingerprint density at radius 2 is 1.95 bits per heavy atom. The Hall–Kier alpha value is -2.27. The highest BCUT2D eigenvalue weighted by atomic mass is 16.6. The second-order valence-corrected chi connectivity index (χ2v) is 12.9. The lowest BCUT2D eigenvalue weighted by molar-refractivity contribution is -0.295. The second kappa shape index (κ2) is 6.47. The molecule has 12 atom stereocenters. The molecule has 2 bridgehead atoms. The number of hydrogen-bond acceptors (Lipinski definition) is 10. The first-order valence-corrected chi connectivity index (χ1v) is 12.9. The van der Waals surface area contributed by atoms with Gasteiger partial charge < -0.3 is 33.9 Å². The van der Waals surface area contributed by atoms with E-state index in [0.29, 0.717) is 18.4 Å². The van der Waals surface area contributed by atoms with Gasteiger partial charge in [-0.05, 0) is 31.2 Å². The van der Waals surface area contributed by atoms with E-state index in [9.17, 15) is 29.7 Å². The summed E-state index contributed by atoms with van der Waals surface area (Å²) in [6, 6.07) is 1.71. The number of furan rings is 1. The number of hydrogen-bond donors (Lipinski definition) is 3. The number of carbonyl (C=O) groups excluding carboxylic acids is 3. The van der Waals surface area contributed by atoms with Gasteiger partial charge in [-0.2, -0.15) is 0 Å². The van der Waals surface area contributed by atoms with Gasteiger partial charge in [0.05, 0.1) is 37.6 Å². The maximum Gasteiger partial charge on any atom is 0.335 e. The standard InChI is InChI=1S/C27H32O10/c1-22-11-25(32)18-16(19(22)30)37-26-9-14(28)36-20(12-6-8-35-10-12)23(26,2)7-5-13(27(18,26)33)24(25,3)17(22)15(29)21(31)34-4/h6,8,10,13,15-18,20,29,32-33H,5,7,9,11H2,1-4H3/t13-,15+,16-,17+,18?,20+,22?,23+,24-,25?,26-,27?/m1/s1. The highest BCUT2D eigenvalue weighted by molar-refractivity contribution is 5.94. The molecular formula is C27H32O10. The highest BCUT2D eigenvalue weighted by Crippen LogP contribution is 2.85. The molecule has 0 amide bonds. The number of rotatable bonds is 3. The first kappa shape index (κ1) is 23.8. The molecule has 10 nitrogen and oxygen atoms in total. The number of ether oxygens (including phenoxy) is 3. The molecule has 1 aromatic rings. The molecule has 3 N–H and O–H groups in total. The zero-order valence-corrected chi connectivity index (χ0v) is 21.2. The van der Waals surface area contributed by atoms with Gasteiger partial charge in [0.1, 0.15) is 23.4 Å². The van der Waals surface area contributed by atoms with E-state index in [-0.39, 0.29) is 18.6 Å². The summed E-state index contributed by atoms with van der Waals surface area (Å²) in [5.41, 5.74) is -7.81. The highest BCUT2D eigenvalue weighted by Gasteiger charge is 2.95. The maximum absolute atomic E-state index is 14.2. The number of fused-ring (bicyclic) bond motifs is 2. The van der Waals surface area contributed by atoms with Crippen molar-refractivity contribution in [3.05, 3.63) is 24.2 Å². The molecule has 4 saturated carbocycles. The zero-order chi connectivity index (χ0) is 26.6. The molecular weight excluding hydrogens is 484 g/mol. The molecule has 1 aromatic heterocycles. The molecule has 0 aromatic carbocycles. The Morgan fingerprint density at radius 3 is 2.59 bits per heavy atom. The minimum atomic E-state index is -1.79. The lowest BCUT2D eigenvalue weighted by Gasteiger charge is -2.63. The molecule has 2 aliphatic heterocycles. The summed E-state index contributed by atoms with van der Waals surface area (Å²) in [6.07, 6.45) is -0.164. The van der Waals surface area contributed by atoms with Crippen LogP contribution < -0.4 is 0 Å². The van der Waals surface area contributed by atoms with Gasteiger partial charge >= 0.3 is 11.9 Å². The topological polar surface area (TPSA) is 153 Å². The van der Waals surface area contributed by atoms with Crippen LogP contribution in [0.2, 0.25) is 0 Å². The molecule has 10 heteroatoms. The Kier molecular flexibility index (Phi) is 4.17. The summed E-state index contributed by atoms with van der Waals surface area (Å²) in [5, 5.41) is 36.8. The van der Waals surface area contributed by atoms with E-state index in [1.165, 1.54) is 12.5 Å². The van der Waals surface area contributed by atoms with Gasteiger partial charge in [-0.15, -0.1) is 0 Å². The van der Waals surface area contributed by atoms with Crippen LogP contribution in [-0.2, 0) is 28.6 Å². The van der Waals surface area contributed by atoms with E-state index in [1.54, 1.807) is 19.9 Å². The summed E-state index contributed by atoms with van der Waals surface area (Å²) in [7, 11) is 1.16. The van der Waals surface area contributed by atoms with Crippen molar-refractivity contribution in [1.29, 1.82) is 0 Å². The molecule has 2 saturated heterocycles. The second-order valence-electron chi connectivity index (χ2n) is 12.9. The Morgan fingerprint density at radius 1 is 1.22 bits per heavy atom. The van der Waals surface area contributed by atoms with Crippen molar-refractivity contribution in [2.24, 2.45) is 34.0 Å². The maximum atomic E-state index is 14.2. The van der Waals surface area contributed by atoms with Crippen molar-refractivity contribution in [3.8, 4) is 0 Å². The summed E-state index contributed by atoms with van der Waals surface area (Å²) in [4.78, 5) is 40.1. The van der Waals surface area contributed by atoms with Crippen molar-refractivity contribution >= 4 is 17.7 Å². The normalized spacial score (nSPS) is 55.6. The molecule has 1 spiro atoms. The quantitative estimate of drug-likeness (QED) is 0.497. The third kappa shape index (κ3) is 2.08. The molecule has 200 valence electrons. The van der Waals surface area contributed by atoms with Gasteiger partial charge in [0.25, 0.3) is 0 Å². The molecule has 6 aliphatic rings. The van der Waals surface area contributed by atoms with E-state index >= 15 is 0 Å². The first-order valence-electron chi connectivity index (χ1n) is 12.9. The zero-order valence-electron chi connectivity index (χ0n) is 21.2. The number of carbonyl (C=O) groups is 3. The van der Waals surface area contributed by atoms with Gasteiger partial charge in [0.2, 0.25) is 0 Å². The molecule has 4 aliphatic carbocycles. The lowest BCUT2D eigenvalue weighted by Crippen LogP contribution is -2.72. The van der Waals surface area contributed by atoms with Crippen molar-refractivity contribution in [3.63, 3.8) is 0 Å². The number of methoxy groups -OCH3 is 1. The summed E-state index contributed by atoms with van der Waals surface area (Å²) < 4.78 is 22.7. The van der Waals surface area contributed by atoms with Crippen LogP contribution in [0.1, 0.15) is 58.1 Å². The van der Waals surface area contributed by atoms with E-state index in [1.807, 2.05) is 6.92 Å². The minimum absolute atomic E-state index is 0.0280. The summed E-state index contributed by atoms with van der Waals surface area (Å²) in [6.45, 7) is 5.34. The van der Waals surface area contributed by atoms with Crippen LogP contribution in [0.15, 0.2) is 23.0 Å². The van der Waals surface area contributed by atoms with Crippen molar-refractivity contribution in [2.45, 2.75) is 81.6 Å². The monoisotopic (exact) mass is 516 g/mol. The molecule has 0 radical (unpaired) electrons. The Balaban J connectivity index is 1.49. The van der Waals surface area contributed by atoms with Gasteiger partial charge in [0.15, 0.2) is 11.9 Å². The van der Waals surface area contributed by atoms with Crippen LogP contribution in [-0.4, -0.2) is 69.2 Å². The van der Waals surface area contributed by atoms with Crippen molar-refractivity contribution in [1.82, 2.24) is 0 Å². The molecule has 7 rings (SSSR count). The molecule has 37 heavy (non-hydrogen) atoms. The average molecular weight is 517 g/mol. The Labute approximate surface area is 213 Å². The van der Waals surface area contributed by atoms with Gasteiger partial charge in [0, 0.05) is 27.7 Å². The van der Waals surface area contributed by atoms with Gasteiger partial charge in [-0.25, -0.2) is 4.79 Å². The fourth-order valence-electron chi connectivity index (χ4n) is 10.7. The van der Waals surface area contributed by atoms with E-state index in [2.05, 4.69) is 0 Å². The molecule has 3 heterocycles. The van der Waals surface area contributed by atoms with Gasteiger partial charge in [-0.1, -0.05) is 20.8 Å². The predicted octanol–water partition coefficient (Wildman–Crippen LogP) is 1.06. The van der Waals surface area contributed by atoms with Crippen LogP contribution in [0.25, 0.3) is 0 Å². The lowest BCUT2D eigenvalue weighted by atomic mass is 9.45. The Bertz CT molecular complexity index is 1240. The summed E-state index contributed by atoms with van der Waals surface area (Å²) >= 11 is 0. The average Bonchev–Trinajstić information content (AvgIpc) is 3.52. The van der Waals surface area contributed by atoms with Crippen LogP contribution >= 0.6 is 0 Å². The third-order valence-corrected chi connectivity index (χ3v) is 11.9. The SMILES string of the molecule is COC(=O)[C@@H](O)[C@H]1C2(C)CC3(O)C4[C@@H](O[C@]56CC(=O)O[C@@H](c7ccoc7)[C@]5(C)CC[C@@H](C46O)[C@]13C)C2=O. The van der Waals surface area contributed by atoms with E-state index in [0.717, 1.165) is 7.11 Å². The third-order valence-electron chi connectivity index (χ3n) is 11.9. The molecule has 6 fully saturated rings. The summed E-state index contributed by atoms with van der Waals surface area (Å²) in [5.74, 6) is -4.55. The number of aliphatic hydroxyl groups is 3. The fourth-order valence-corrected chi connectivity index (χ4v) is 10.7. The van der Waals surface area contributed by atoms with Crippen LogP contribution in [0, 0.1) is 34.0 Å². The number of aliphatic hydroxyl groups excluding tert-OH is 1. The smallest absolute Gasteiger partial charge is 0.335 e. The number of esters is 2. The largest absolute Gasteiger partial charge is 0.472 e. The van der Waals surface area contributed by atoms with E-state index in [4.69, 9.17) is 18.6 Å². The van der Waals surface area contributed by atoms with E-state index < -0.39 is 81.1 Å². The number of Topliss-reactive ketones (excluding diaryl/α,β-unsaturated/α-hetero) is 1. The molecule has 4 unspecified atom stereocenters. The van der Waals surface area contributed by atoms with Crippen molar-refractivity contribution < 1.29 is 48.3 Å². The van der Waals surface area contributed by atoms with Crippen LogP contribution in [0.3, 0.4) is 0 Å². The number of cyclic esters (lactones) is 1. The van der Waals surface area contributed by atoms with Gasteiger partial charge in [-0.3, -0.25) is 9.59 Å². The number of ketones is 1. The predicted molar refractivity (Wildman–Crippen MR) is 121 cm³/mol. The fraction of sp³-hybridized carbons (Fsp3) is 0.741. The van der Waals surface area contributed by atoms with Crippen LogP contribution in [0.4, 0.5) is 0 Å².